The summed E-state index contributed by atoms with van der Waals surface area (Å²) in [5, 5.41) is 13.1. The Morgan fingerprint density at radius 3 is 2.44 bits per heavy atom. The summed E-state index contributed by atoms with van der Waals surface area (Å²) in [5.74, 6) is 0. The summed E-state index contributed by atoms with van der Waals surface area (Å²) in [6.45, 7) is 2.01. The Bertz CT molecular complexity index is 515. The molecule has 2 rings (SSSR count). The van der Waals surface area contributed by atoms with Gasteiger partial charge in [-0.1, -0.05) is 46.3 Å². The lowest BCUT2D eigenvalue weighted by molar-refractivity contribution is 0.224. The molecule has 1 unspecified atom stereocenters. The Hall–Kier alpha value is -1.32. The zero-order chi connectivity index (χ0) is 13.0. The van der Waals surface area contributed by atoms with E-state index in [9.17, 15) is 5.11 Å². The van der Waals surface area contributed by atoms with E-state index in [1.54, 1.807) is 0 Å². The first-order chi connectivity index (χ1) is 8.64. The third-order valence-corrected chi connectivity index (χ3v) is 3.47. The van der Waals surface area contributed by atoms with Gasteiger partial charge in [-0.25, -0.2) is 0 Å². The van der Waals surface area contributed by atoms with Crippen LogP contribution in [0.15, 0.2) is 59.1 Å². The highest BCUT2D eigenvalue weighted by atomic mass is 79.9. The Balaban J connectivity index is 2.31. The average molecular weight is 306 g/mol. The summed E-state index contributed by atoms with van der Waals surface area (Å²) >= 11 is 3.46. The van der Waals surface area contributed by atoms with Crippen LogP contribution in [-0.4, -0.2) is 11.7 Å². The number of aliphatic hydroxyl groups is 1. The van der Waals surface area contributed by atoms with Gasteiger partial charge in [0.2, 0.25) is 0 Å². The SMILES string of the molecule is CC(CO)(Nc1ccccc1)c1cccc(Br)c1. The molecule has 0 radical (unpaired) electrons. The lowest BCUT2D eigenvalue weighted by Gasteiger charge is -2.30. The van der Waals surface area contributed by atoms with Crippen molar-refractivity contribution in [2.24, 2.45) is 0 Å². The number of anilines is 1. The van der Waals surface area contributed by atoms with Crippen molar-refractivity contribution in [1.29, 1.82) is 0 Å². The van der Waals surface area contributed by atoms with E-state index in [1.165, 1.54) is 0 Å². The molecule has 0 heterocycles. The summed E-state index contributed by atoms with van der Waals surface area (Å²) in [5.41, 5.74) is 1.54. The van der Waals surface area contributed by atoms with Gasteiger partial charge in [0.15, 0.2) is 0 Å². The Morgan fingerprint density at radius 2 is 1.83 bits per heavy atom. The quantitative estimate of drug-likeness (QED) is 0.901. The number of para-hydroxylation sites is 1. The highest BCUT2D eigenvalue weighted by molar-refractivity contribution is 9.10. The van der Waals surface area contributed by atoms with Crippen molar-refractivity contribution in [2.45, 2.75) is 12.5 Å². The van der Waals surface area contributed by atoms with Crippen LogP contribution in [0, 0.1) is 0 Å². The first-order valence-corrected chi connectivity index (χ1v) is 6.63. The second-order valence-corrected chi connectivity index (χ2v) is 5.41. The molecule has 0 aliphatic rings. The van der Waals surface area contributed by atoms with Crippen molar-refractivity contribution in [3.05, 3.63) is 64.6 Å². The fourth-order valence-corrected chi connectivity index (χ4v) is 2.27. The van der Waals surface area contributed by atoms with Gasteiger partial charge in [-0.05, 0) is 36.8 Å². The van der Waals surface area contributed by atoms with Crippen LogP contribution < -0.4 is 5.32 Å². The summed E-state index contributed by atoms with van der Waals surface area (Å²) < 4.78 is 1.01. The Kier molecular flexibility index (Phi) is 4.04. The summed E-state index contributed by atoms with van der Waals surface area (Å²) in [6, 6.07) is 17.9. The normalized spacial score (nSPS) is 13.9. The van der Waals surface area contributed by atoms with Gasteiger partial charge in [0.1, 0.15) is 0 Å². The molecular weight excluding hydrogens is 290 g/mol. The van der Waals surface area contributed by atoms with E-state index in [4.69, 9.17) is 0 Å². The zero-order valence-electron chi connectivity index (χ0n) is 10.2. The molecule has 0 aliphatic carbocycles. The number of hydrogen-bond acceptors (Lipinski definition) is 2. The predicted octanol–water partition coefficient (Wildman–Crippen LogP) is 3.77. The number of aliphatic hydroxyl groups excluding tert-OH is 1. The van der Waals surface area contributed by atoms with Crippen LogP contribution in [0.1, 0.15) is 12.5 Å². The molecule has 2 aromatic carbocycles. The Morgan fingerprint density at radius 1 is 1.11 bits per heavy atom. The maximum Gasteiger partial charge on any atom is 0.0828 e. The van der Waals surface area contributed by atoms with Crippen molar-refractivity contribution in [1.82, 2.24) is 0 Å². The van der Waals surface area contributed by atoms with Crippen LogP contribution in [0.25, 0.3) is 0 Å². The lowest BCUT2D eigenvalue weighted by Crippen LogP contribution is -2.35. The zero-order valence-corrected chi connectivity index (χ0v) is 11.8. The molecule has 2 N–H and O–H groups in total. The number of nitrogens with one attached hydrogen (secondary N) is 1. The molecule has 3 heteroatoms. The van der Waals surface area contributed by atoms with Crippen LogP contribution in [-0.2, 0) is 5.54 Å². The molecule has 0 aromatic heterocycles. The van der Waals surface area contributed by atoms with E-state index in [-0.39, 0.29) is 6.61 Å². The molecule has 0 spiro atoms. The van der Waals surface area contributed by atoms with Crippen LogP contribution in [0.3, 0.4) is 0 Å². The number of benzene rings is 2. The minimum absolute atomic E-state index is 0.0261. The van der Waals surface area contributed by atoms with Crippen LogP contribution in [0.2, 0.25) is 0 Å². The van der Waals surface area contributed by atoms with Crippen molar-refractivity contribution in [2.75, 3.05) is 11.9 Å². The van der Waals surface area contributed by atoms with Crippen LogP contribution in [0.5, 0.6) is 0 Å². The van der Waals surface area contributed by atoms with Crippen LogP contribution >= 0.6 is 15.9 Å². The highest BCUT2D eigenvalue weighted by Crippen LogP contribution is 2.27. The highest BCUT2D eigenvalue weighted by Gasteiger charge is 2.25. The summed E-state index contributed by atoms with van der Waals surface area (Å²) in [4.78, 5) is 0. The lowest BCUT2D eigenvalue weighted by atomic mass is 9.92. The number of halogens is 1. The van der Waals surface area contributed by atoms with Gasteiger partial charge in [-0.15, -0.1) is 0 Å². The largest absolute Gasteiger partial charge is 0.394 e. The molecule has 18 heavy (non-hydrogen) atoms. The average Bonchev–Trinajstić information content (AvgIpc) is 2.40. The van der Waals surface area contributed by atoms with E-state index in [2.05, 4.69) is 21.2 Å². The second kappa shape index (κ2) is 5.55. The van der Waals surface area contributed by atoms with Gasteiger partial charge < -0.3 is 10.4 Å². The smallest absolute Gasteiger partial charge is 0.0828 e. The number of hydrogen-bond donors (Lipinski definition) is 2. The molecular formula is C15H16BrNO. The van der Waals surface area contributed by atoms with E-state index >= 15 is 0 Å². The first kappa shape index (κ1) is 13.1. The van der Waals surface area contributed by atoms with Gasteiger partial charge in [-0.3, -0.25) is 0 Å². The van der Waals surface area contributed by atoms with Gasteiger partial charge in [0.25, 0.3) is 0 Å². The van der Waals surface area contributed by atoms with Gasteiger partial charge in [0, 0.05) is 10.2 Å². The molecule has 94 valence electrons. The molecule has 0 amide bonds. The van der Waals surface area contributed by atoms with Crippen molar-refractivity contribution in [3.8, 4) is 0 Å². The molecule has 0 saturated heterocycles. The van der Waals surface area contributed by atoms with E-state index in [1.807, 2.05) is 61.5 Å². The first-order valence-electron chi connectivity index (χ1n) is 5.84. The topological polar surface area (TPSA) is 32.3 Å². The molecule has 2 nitrogen and oxygen atoms in total. The fraction of sp³-hybridized carbons (Fsp3) is 0.200. The molecule has 1 atom stereocenters. The van der Waals surface area contributed by atoms with Gasteiger partial charge in [-0.2, -0.15) is 0 Å². The molecule has 0 fully saturated rings. The molecule has 0 saturated carbocycles. The predicted molar refractivity (Wildman–Crippen MR) is 78.6 cm³/mol. The summed E-state index contributed by atoms with van der Waals surface area (Å²) in [7, 11) is 0. The maximum absolute atomic E-state index is 9.71. The fourth-order valence-electron chi connectivity index (χ4n) is 1.87. The van der Waals surface area contributed by atoms with E-state index in [0.717, 1.165) is 15.7 Å². The third-order valence-electron chi connectivity index (χ3n) is 2.97. The third kappa shape index (κ3) is 2.92. The van der Waals surface area contributed by atoms with Gasteiger partial charge >= 0.3 is 0 Å². The Labute approximate surface area is 116 Å². The van der Waals surface area contributed by atoms with Crippen molar-refractivity contribution < 1.29 is 5.11 Å². The molecule has 2 aromatic rings. The number of rotatable bonds is 4. The standard InChI is InChI=1S/C15H16BrNO/c1-15(11-18,12-6-5-7-13(16)10-12)17-14-8-3-2-4-9-14/h2-10,17-18H,11H2,1H3. The monoisotopic (exact) mass is 305 g/mol. The maximum atomic E-state index is 9.71. The van der Waals surface area contributed by atoms with Crippen molar-refractivity contribution in [3.63, 3.8) is 0 Å². The van der Waals surface area contributed by atoms with Crippen molar-refractivity contribution >= 4 is 21.6 Å². The minimum atomic E-state index is -0.495. The summed E-state index contributed by atoms with van der Waals surface area (Å²) in [6.07, 6.45) is 0. The van der Waals surface area contributed by atoms with Gasteiger partial charge in [0.05, 0.1) is 12.1 Å². The molecule has 0 aliphatic heterocycles. The molecule has 0 bridgehead atoms. The van der Waals surface area contributed by atoms with Crippen LogP contribution in [0.4, 0.5) is 5.69 Å². The van der Waals surface area contributed by atoms with E-state index < -0.39 is 5.54 Å². The van der Waals surface area contributed by atoms with E-state index in [0.29, 0.717) is 0 Å². The minimum Gasteiger partial charge on any atom is -0.394 e. The second-order valence-electron chi connectivity index (χ2n) is 4.49.